The van der Waals surface area contributed by atoms with Crippen molar-refractivity contribution < 1.29 is 9.72 Å². The average Bonchev–Trinajstić information content (AvgIpc) is 2.52. The third kappa shape index (κ3) is 4.68. The number of carbonyl (C=O) groups excluding carboxylic acids is 1. The molecule has 1 heterocycles. The molecule has 2 rings (SSSR count). The molecule has 0 unspecified atom stereocenters. The molecule has 1 aromatic carbocycles. The van der Waals surface area contributed by atoms with Gasteiger partial charge in [-0.05, 0) is 45.0 Å². The van der Waals surface area contributed by atoms with E-state index in [0.29, 0.717) is 6.54 Å². The maximum absolute atomic E-state index is 12.0. The van der Waals surface area contributed by atoms with Gasteiger partial charge in [-0.15, -0.1) is 0 Å². The molecule has 0 spiro atoms. The lowest BCUT2D eigenvalue weighted by molar-refractivity contribution is -0.384. The van der Waals surface area contributed by atoms with Crippen molar-refractivity contribution in [2.45, 2.75) is 25.7 Å². The largest absolute Gasteiger partial charge is 0.352 e. The molecule has 0 bridgehead atoms. The van der Waals surface area contributed by atoms with Gasteiger partial charge in [0.1, 0.15) is 0 Å². The van der Waals surface area contributed by atoms with Crippen molar-refractivity contribution in [3.63, 3.8) is 0 Å². The molecule has 120 valence electrons. The molecule has 1 N–H and O–H groups in total. The monoisotopic (exact) mass is 325 g/mol. The summed E-state index contributed by atoms with van der Waals surface area (Å²) in [5.41, 5.74) is 0.150. The number of amides is 1. The van der Waals surface area contributed by atoms with Gasteiger partial charge in [0, 0.05) is 18.7 Å². The highest BCUT2D eigenvalue weighted by Gasteiger charge is 2.15. The number of non-ortho nitro benzene ring substituents is 1. The number of halogens is 1. The van der Waals surface area contributed by atoms with Crippen LogP contribution in [0.1, 0.15) is 36.0 Å². The van der Waals surface area contributed by atoms with E-state index in [-0.39, 0.29) is 22.2 Å². The fourth-order valence-electron chi connectivity index (χ4n) is 2.58. The number of likely N-dealkylation sites (tertiary alicyclic amines) is 1. The van der Waals surface area contributed by atoms with Gasteiger partial charge in [0.05, 0.1) is 15.5 Å². The molecule has 22 heavy (non-hydrogen) atoms. The number of nitrogens with one attached hydrogen (secondary N) is 1. The van der Waals surface area contributed by atoms with E-state index in [9.17, 15) is 14.9 Å². The van der Waals surface area contributed by atoms with Crippen LogP contribution in [-0.2, 0) is 0 Å². The summed E-state index contributed by atoms with van der Waals surface area (Å²) in [6, 6.07) is 3.87. The molecular weight excluding hydrogens is 306 g/mol. The Morgan fingerprint density at radius 2 is 2.05 bits per heavy atom. The molecule has 0 aliphatic carbocycles. The third-order valence-electron chi connectivity index (χ3n) is 3.79. The highest BCUT2D eigenvalue weighted by Crippen LogP contribution is 2.22. The van der Waals surface area contributed by atoms with Crippen LogP contribution in [0.4, 0.5) is 5.69 Å². The van der Waals surface area contributed by atoms with E-state index in [2.05, 4.69) is 10.2 Å². The van der Waals surface area contributed by atoms with E-state index in [0.717, 1.165) is 26.1 Å². The number of rotatable bonds is 6. The summed E-state index contributed by atoms with van der Waals surface area (Å²) in [7, 11) is 0. The lowest BCUT2D eigenvalue weighted by atomic mass is 10.1. The predicted octanol–water partition coefficient (Wildman–Crippen LogP) is 2.85. The highest BCUT2D eigenvalue weighted by molar-refractivity contribution is 6.34. The number of carbonyl (C=O) groups is 1. The number of hydrogen-bond acceptors (Lipinski definition) is 4. The number of nitro groups is 1. The van der Waals surface area contributed by atoms with Crippen LogP contribution < -0.4 is 5.32 Å². The van der Waals surface area contributed by atoms with Crippen molar-refractivity contribution in [3.05, 3.63) is 38.9 Å². The molecule has 7 heteroatoms. The van der Waals surface area contributed by atoms with E-state index in [4.69, 9.17) is 11.6 Å². The van der Waals surface area contributed by atoms with E-state index in [1.54, 1.807) is 0 Å². The molecule has 1 aliphatic rings. The zero-order valence-electron chi connectivity index (χ0n) is 12.4. The zero-order chi connectivity index (χ0) is 15.9. The average molecular weight is 326 g/mol. The van der Waals surface area contributed by atoms with Gasteiger partial charge in [-0.3, -0.25) is 14.9 Å². The molecule has 0 saturated carbocycles. The molecule has 0 atom stereocenters. The van der Waals surface area contributed by atoms with Gasteiger partial charge < -0.3 is 10.2 Å². The fourth-order valence-corrected chi connectivity index (χ4v) is 2.85. The van der Waals surface area contributed by atoms with Crippen molar-refractivity contribution >= 4 is 23.2 Å². The van der Waals surface area contributed by atoms with Crippen LogP contribution in [0.5, 0.6) is 0 Å². The summed E-state index contributed by atoms with van der Waals surface area (Å²) < 4.78 is 0. The molecule has 1 aliphatic heterocycles. The van der Waals surface area contributed by atoms with Gasteiger partial charge in [0.2, 0.25) is 0 Å². The Kier molecular flexibility index (Phi) is 6.15. The first-order valence-corrected chi connectivity index (χ1v) is 7.90. The Morgan fingerprint density at radius 3 is 2.68 bits per heavy atom. The van der Waals surface area contributed by atoms with E-state index in [1.165, 1.54) is 37.5 Å². The van der Waals surface area contributed by atoms with Gasteiger partial charge in [0.15, 0.2) is 0 Å². The van der Waals surface area contributed by atoms with Gasteiger partial charge in [0.25, 0.3) is 11.6 Å². The minimum atomic E-state index is -0.536. The van der Waals surface area contributed by atoms with Crippen molar-refractivity contribution in [1.82, 2.24) is 10.2 Å². The van der Waals surface area contributed by atoms with E-state index < -0.39 is 4.92 Å². The molecule has 1 fully saturated rings. The van der Waals surface area contributed by atoms with Crippen molar-refractivity contribution in [1.29, 1.82) is 0 Å². The standard InChI is InChI=1S/C15H20ClN3O3/c16-14-11-12(19(21)22)5-6-13(14)15(20)17-7-4-10-18-8-2-1-3-9-18/h5-6,11H,1-4,7-10H2,(H,17,20). The Bertz CT molecular complexity index is 545. The number of hydrogen-bond donors (Lipinski definition) is 1. The summed E-state index contributed by atoms with van der Waals surface area (Å²) in [6.07, 6.45) is 4.71. The number of benzene rings is 1. The smallest absolute Gasteiger partial charge is 0.270 e. The van der Waals surface area contributed by atoms with Crippen molar-refractivity contribution in [2.75, 3.05) is 26.2 Å². The van der Waals surface area contributed by atoms with Crippen LogP contribution in [-0.4, -0.2) is 41.9 Å². The van der Waals surface area contributed by atoms with Gasteiger partial charge in [-0.25, -0.2) is 0 Å². The van der Waals surface area contributed by atoms with Crippen LogP contribution >= 0.6 is 11.6 Å². The minimum absolute atomic E-state index is 0.0998. The molecule has 1 aromatic rings. The maximum atomic E-state index is 12.0. The first-order valence-electron chi connectivity index (χ1n) is 7.52. The third-order valence-corrected chi connectivity index (χ3v) is 4.11. The van der Waals surface area contributed by atoms with Crippen LogP contribution in [0.15, 0.2) is 18.2 Å². The van der Waals surface area contributed by atoms with Crippen LogP contribution in [0.3, 0.4) is 0 Å². The van der Waals surface area contributed by atoms with E-state index in [1.807, 2.05) is 0 Å². The molecule has 0 radical (unpaired) electrons. The fraction of sp³-hybridized carbons (Fsp3) is 0.533. The second-order valence-corrected chi connectivity index (χ2v) is 5.84. The van der Waals surface area contributed by atoms with Crippen molar-refractivity contribution in [3.8, 4) is 0 Å². The Hall–Kier alpha value is -1.66. The minimum Gasteiger partial charge on any atom is -0.352 e. The lowest BCUT2D eigenvalue weighted by Crippen LogP contribution is -2.33. The summed E-state index contributed by atoms with van der Waals surface area (Å²) in [5, 5.41) is 13.5. The van der Waals surface area contributed by atoms with Crippen LogP contribution in [0.25, 0.3) is 0 Å². The summed E-state index contributed by atoms with van der Waals surface area (Å²) >= 11 is 5.93. The highest BCUT2D eigenvalue weighted by atomic mass is 35.5. The normalized spacial score (nSPS) is 15.5. The summed E-state index contributed by atoms with van der Waals surface area (Å²) in [6.45, 7) is 3.83. The second kappa shape index (κ2) is 8.10. The molecule has 0 aromatic heterocycles. The topological polar surface area (TPSA) is 75.5 Å². The Labute approximate surface area is 134 Å². The van der Waals surface area contributed by atoms with Gasteiger partial charge in [-0.2, -0.15) is 0 Å². The van der Waals surface area contributed by atoms with Gasteiger partial charge in [-0.1, -0.05) is 18.0 Å². The number of nitrogens with zero attached hydrogens (tertiary/aromatic N) is 2. The predicted molar refractivity (Wildman–Crippen MR) is 85.3 cm³/mol. The summed E-state index contributed by atoms with van der Waals surface area (Å²) in [4.78, 5) is 24.5. The number of piperidine rings is 1. The lowest BCUT2D eigenvalue weighted by Gasteiger charge is -2.26. The van der Waals surface area contributed by atoms with E-state index >= 15 is 0 Å². The second-order valence-electron chi connectivity index (χ2n) is 5.43. The maximum Gasteiger partial charge on any atom is 0.270 e. The Morgan fingerprint density at radius 1 is 1.32 bits per heavy atom. The summed E-state index contributed by atoms with van der Waals surface area (Å²) in [5.74, 6) is -0.293. The molecule has 1 saturated heterocycles. The van der Waals surface area contributed by atoms with Gasteiger partial charge >= 0.3 is 0 Å². The number of nitro benzene ring substituents is 1. The quantitative estimate of drug-likeness (QED) is 0.496. The molecule has 6 nitrogen and oxygen atoms in total. The molecule has 1 amide bonds. The SMILES string of the molecule is O=C(NCCCN1CCCCC1)c1ccc([N+](=O)[O-])cc1Cl. The Balaban J connectivity index is 1.78. The first kappa shape index (κ1) is 16.7. The zero-order valence-corrected chi connectivity index (χ0v) is 13.1. The van der Waals surface area contributed by atoms with Crippen LogP contribution in [0.2, 0.25) is 5.02 Å². The van der Waals surface area contributed by atoms with Crippen LogP contribution in [0, 0.1) is 10.1 Å². The molecular formula is C15H20ClN3O3. The van der Waals surface area contributed by atoms with Crippen molar-refractivity contribution in [2.24, 2.45) is 0 Å². The first-order chi connectivity index (χ1) is 10.6.